The highest BCUT2D eigenvalue weighted by atomic mass is 35.5. The van der Waals surface area contributed by atoms with Gasteiger partial charge in [-0.2, -0.15) is 0 Å². The number of carbonyl (C=O) groups excluding carboxylic acids is 1. The van der Waals surface area contributed by atoms with Gasteiger partial charge in [-0.25, -0.2) is 0 Å². The maximum absolute atomic E-state index is 12.4. The lowest BCUT2D eigenvalue weighted by atomic mass is 10.1. The Balaban J connectivity index is 2.15. The number of pyridine rings is 1. The number of rotatable bonds is 2. The van der Waals surface area contributed by atoms with Gasteiger partial charge in [-0.1, -0.05) is 18.5 Å². The number of carbonyl (C=O) groups is 1. The molecule has 1 aliphatic heterocycles. The quantitative estimate of drug-likeness (QED) is 0.819. The number of nitrogens with zero attached hydrogens (tertiary/aromatic N) is 3. The maximum atomic E-state index is 12.4. The van der Waals surface area contributed by atoms with E-state index in [0.29, 0.717) is 22.5 Å². The van der Waals surface area contributed by atoms with E-state index in [1.54, 1.807) is 12.3 Å². The summed E-state index contributed by atoms with van der Waals surface area (Å²) in [5, 5.41) is 0.420. The third-order valence-corrected chi connectivity index (χ3v) is 3.83. The third kappa shape index (κ3) is 2.49. The molecule has 0 saturated carbocycles. The molecule has 2 atom stereocenters. The molecule has 1 fully saturated rings. The Kier molecular flexibility index (Phi) is 3.88. The van der Waals surface area contributed by atoms with Crippen LogP contribution in [0, 0.1) is 5.92 Å². The lowest BCUT2D eigenvalue weighted by Crippen LogP contribution is -2.35. The summed E-state index contributed by atoms with van der Waals surface area (Å²) in [7, 11) is 4.10. The molecule has 2 heterocycles. The highest BCUT2D eigenvalue weighted by Gasteiger charge is 2.34. The molecule has 0 aliphatic carbocycles. The average Bonchev–Trinajstić information content (AvgIpc) is 2.71. The second kappa shape index (κ2) is 5.24. The molecule has 1 amide bonds. The average molecular weight is 268 g/mol. The van der Waals surface area contributed by atoms with Crippen LogP contribution in [0.1, 0.15) is 17.3 Å². The van der Waals surface area contributed by atoms with E-state index >= 15 is 0 Å². The topological polar surface area (TPSA) is 36.4 Å². The van der Waals surface area contributed by atoms with E-state index < -0.39 is 0 Å². The summed E-state index contributed by atoms with van der Waals surface area (Å²) in [4.78, 5) is 20.3. The molecule has 0 N–H and O–H groups in total. The number of amides is 1. The largest absolute Gasteiger partial charge is 0.337 e. The van der Waals surface area contributed by atoms with E-state index in [9.17, 15) is 4.79 Å². The first-order chi connectivity index (χ1) is 8.50. The van der Waals surface area contributed by atoms with Crippen LogP contribution in [-0.4, -0.2) is 53.9 Å². The van der Waals surface area contributed by atoms with Gasteiger partial charge >= 0.3 is 0 Å². The predicted octanol–water partition coefficient (Wildman–Crippen LogP) is 1.76. The first-order valence-electron chi connectivity index (χ1n) is 6.06. The molecule has 1 aliphatic rings. The number of aromatic nitrogens is 1. The lowest BCUT2D eigenvalue weighted by molar-refractivity contribution is 0.0781. The second-order valence-electron chi connectivity index (χ2n) is 5.07. The van der Waals surface area contributed by atoms with E-state index in [2.05, 4.69) is 30.9 Å². The summed E-state index contributed by atoms with van der Waals surface area (Å²) in [6.07, 6.45) is 3.11. The number of likely N-dealkylation sites (tertiary alicyclic amines) is 1. The van der Waals surface area contributed by atoms with Crippen molar-refractivity contribution < 1.29 is 4.79 Å². The third-order valence-electron chi connectivity index (χ3n) is 3.53. The minimum absolute atomic E-state index is 0.00130. The summed E-state index contributed by atoms with van der Waals surface area (Å²) < 4.78 is 0. The van der Waals surface area contributed by atoms with Crippen molar-refractivity contribution in [2.45, 2.75) is 13.0 Å². The number of likely N-dealkylation sites (N-methyl/N-ethyl adjacent to an activating group) is 1. The molecular formula is C13H18ClN3O. The van der Waals surface area contributed by atoms with Crippen LogP contribution in [0.3, 0.4) is 0 Å². The summed E-state index contributed by atoms with van der Waals surface area (Å²) >= 11 is 6.01. The standard InChI is InChI=1S/C13H18ClN3O/c1-9-7-17(8-12(9)16(2)3)13(18)10-4-5-15-6-11(10)14/h4-6,9,12H,7-8H2,1-3H3. The zero-order chi connectivity index (χ0) is 13.3. The number of hydrogen-bond acceptors (Lipinski definition) is 3. The van der Waals surface area contributed by atoms with Crippen molar-refractivity contribution in [1.29, 1.82) is 0 Å². The molecular weight excluding hydrogens is 250 g/mol. The van der Waals surface area contributed by atoms with Crippen LogP contribution >= 0.6 is 11.6 Å². The van der Waals surface area contributed by atoms with E-state index in [1.807, 2.05) is 4.90 Å². The fourth-order valence-corrected chi connectivity index (χ4v) is 2.71. The maximum Gasteiger partial charge on any atom is 0.255 e. The Labute approximate surface area is 113 Å². The summed E-state index contributed by atoms with van der Waals surface area (Å²) in [5.74, 6) is 0.475. The minimum atomic E-state index is -0.00130. The van der Waals surface area contributed by atoms with Gasteiger partial charge in [0.05, 0.1) is 10.6 Å². The lowest BCUT2D eigenvalue weighted by Gasteiger charge is -2.22. The van der Waals surface area contributed by atoms with Crippen molar-refractivity contribution >= 4 is 17.5 Å². The zero-order valence-electron chi connectivity index (χ0n) is 10.9. The van der Waals surface area contributed by atoms with E-state index in [1.165, 1.54) is 6.20 Å². The van der Waals surface area contributed by atoms with E-state index in [-0.39, 0.29) is 5.91 Å². The van der Waals surface area contributed by atoms with Gasteiger partial charge in [-0.15, -0.1) is 0 Å². The van der Waals surface area contributed by atoms with Gasteiger partial charge < -0.3 is 9.80 Å². The predicted molar refractivity (Wildman–Crippen MR) is 71.8 cm³/mol. The van der Waals surface area contributed by atoms with Crippen LogP contribution in [0.4, 0.5) is 0 Å². The molecule has 0 bridgehead atoms. The highest BCUT2D eigenvalue weighted by molar-refractivity contribution is 6.33. The normalized spacial score (nSPS) is 23.7. The monoisotopic (exact) mass is 267 g/mol. The number of hydrogen-bond donors (Lipinski definition) is 0. The van der Waals surface area contributed by atoms with Gasteiger partial charge in [-0.3, -0.25) is 9.78 Å². The van der Waals surface area contributed by atoms with Crippen LogP contribution in [0.25, 0.3) is 0 Å². The molecule has 1 aromatic heterocycles. The van der Waals surface area contributed by atoms with Crippen molar-refractivity contribution in [2.75, 3.05) is 27.2 Å². The van der Waals surface area contributed by atoms with Crippen LogP contribution in [0.15, 0.2) is 18.5 Å². The van der Waals surface area contributed by atoms with Crippen molar-refractivity contribution in [1.82, 2.24) is 14.8 Å². The van der Waals surface area contributed by atoms with Gasteiger partial charge in [0.1, 0.15) is 0 Å². The van der Waals surface area contributed by atoms with E-state index in [0.717, 1.165) is 13.1 Å². The first-order valence-corrected chi connectivity index (χ1v) is 6.43. The van der Waals surface area contributed by atoms with Crippen LogP contribution in [0.2, 0.25) is 5.02 Å². The van der Waals surface area contributed by atoms with Gasteiger partial charge in [0, 0.05) is 31.5 Å². The van der Waals surface area contributed by atoms with Gasteiger partial charge in [0.15, 0.2) is 0 Å². The number of halogens is 1. The Morgan fingerprint density at radius 1 is 1.50 bits per heavy atom. The van der Waals surface area contributed by atoms with Crippen LogP contribution < -0.4 is 0 Å². The minimum Gasteiger partial charge on any atom is -0.337 e. The molecule has 18 heavy (non-hydrogen) atoms. The summed E-state index contributed by atoms with van der Waals surface area (Å²) in [6.45, 7) is 3.71. The Morgan fingerprint density at radius 2 is 2.22 bits per heavy atom. The highest BCUT2D eigenvalue weighted by Crippen LogP contribution is 2.24. The molecule has 0 radical (unpaired) electrons. The molecule has 2 rings (SSSR count). The molecule has 0 spiro atoms. The van der Waals surface area contributed by atoms with Crippen LogP contribution in [0.5, 0.6) is 0 Å². The van der Waals surface area contributed by atoms with Crippen molar-refractivity contribution in [3.05, 3.63) is 29.0 Å². The van der Waals surface area contributed by atoms with Gasteiger partial charge in [0.25, 0.3) is 5.91 Å². The molecule has 98 valence electrons. The Bertz CT molecular complexity index is 450. The van der Waals surface area contributed by atoms with Crippen molar-refractivity contribution in [3.63, 3.8) is 0 Å². The summed E-state index contributed by atoms with van der Waals surface area (Å²) in [5.41, 5.74) is 0.540. The molecule has 5 heteroatoms. The fraction of sp³-hybridized carbons (Fsp3) is 0.538. The molecule has 2 unspecified atom stereocenters. The van der Waals surface area contributed by atoms with Crippen molar-refractivity contribution in [2.24, 2.45) is 5.92 Å². The van der Waals surface area contributed by atoms with Gasteiger partial charge in [-0.05, 0) is 26.1 Å². The molecule has 1 aromatic rings. The Morgan fingerprint density at radius 3 is 2.78 bits per heavy atom. The SMILES string of the molecule is CC1CN(C(=O)c2ccncc2Cl)CC1N(C)C. The molecule has 4 nitrogen and oxygen atoms in total. The summed E-state index contributed by atoms with van der Waals surface area (Å²) in [6, 6.07) is 2.09. The van der Waals surface area contributed by atoms with Crippen LogP contribution in [-0.2, 0) is 0 Å². The Hall–Kier alpha value is -1.13. The zero-order valence-corrected chi connectivity index (χ0v) is 11.7. The first kappa shape index (κ1) is 13.3. The van der Waals surface area contributed by atoms with Gasteiger partial charge in [0.2, 0.25) is 0 Å². The molecule has 0 aromatic carbocycles. The van der Waals surface area contributed by atoms with Crippen molar-refractivity contribution in [3.8, 4) is 0 Å². The smallest absolute Gasteiger partial charge is 0.255 e. The fourth-order valence-electron chi connectivity index (χ4n) is 2.51. The molecule has 1 saturated heterocycles. The van der Waals surface area contributed by atoms with E-state index in [4.69, 9.17) is 11.6 Å². The second-order valence-corrected chi connectivity index (χ2v) is 5.48.